The monoisotopic (exact) mass is 321 g/mol. The number of carbonyl (C=O) groups excluding carboxylic acids is 2. The van der Waals surface area contributed by atoms with E-state index >= 15 is 0 Å². The summed E-state index contributed by atoms with van der Waals surface area (Å²) in [6, 6.07) is 1.74. The molecule has 1 saturated heterocycles. The Balaban J connectivity index is 1.77. The Morgan fingerprint density at radius 2 is 2.26 bits per heavy atom. The van der Waals surface area contributed by atoms with Crippen molar-refractivity contribution in [2.45, 2.75) is 33.2 Å². The Hall–Kier alpha value is -2.05. The number of hydrogen-bond acceptors (Lipinski definition) is 3. The van der Waals surface area contributed by atoms with Crippen LogP contribution in [-0.4, -0.2) is 64.2 Å². The molecule has 1 N–H and O–H groups in total. The second-order valence-electron chi connectivity index (χ2n) is 6.18. The van der Waals surface area contributed by atoms with Gasteiger partial charge in [0.1, 0.15) is 6.54 Å². The van der Waals surface area contributed by atoms with Gasteiger partial charge in [-0.25, -0.2) is 4.79 Å². The van der Waals surface area contributed by atoms with Crippen LogP contribution in [0.4, 0.5) is 4.79 Å². The van der Waals surface area contributed by atoms with E-state index in [9.17, 15) is 9.59 Å². The van der Waals surface area contributed by atoms with Crippen LogP contribution in [0.15, 0.2) is 18.5 Å². The van der Waals surface area contributed by atoms with E-state index in [1.165, 1.54) is 0 Å². The van der Waals surface area contributed by atoms with E-state index in [0.29, 0.717) is 13.1 Å². The predicted octanol–water partition coefficient (Wildman–Crippen LogP) is 1.17. The summed E-state index contributed by atoms with van der Waals surface area (Å²) in [5, 5.41) is 7.10. The van der Waals surface area contributed by atoms with Gasteiger partial charge >= 0.3 is 6.03 Å². The highest BCUT2D eigenvalue weighted by Gasteiger charge is 2.24. The van der Waals surface area contributed by atoms with Crippen LogP contribution in [0.1, 0.15) is 26.7 Å². The van der Waals surface area contributed by atoms with Gasteiger partial charge in [-0.3, -0.25) is 9.48 Å². The number of rotatable bonds is 6. The van der Waals surface area contributed by atoms with Gasteiger partial charge in [0.25, 0.3) is 0 Å². The van der Waals surface area contributed by atoms with Crippen molar-refractivity contribution < 1.29 is 9.59 Å². The van der Waals surface area contributed by atoms with E-state index < -0.39 is 0 Å². The van der Waals surface area contributed by atoms with Gasteiger partial charge in [0, 0.05) is 45.1 Å². The number of nitrogens with zero attached hydrogens (tertiary/aromatic N) is 4. The Labute approximate surface area is 137 Å². The van der Waals surface area contributed by atoms with Crippen LogP contribution < -0.4 is 5.32 Å². The summed E-state index contributed by atoms with van der Waals surface area (Å²) < 4.78 is 1.86. The molecule has 1 aromatic rings. The van der Waals surface area contributed by atoms with Crippen LogP contribution in [0, 0.1) is 5.92 Å². The molecule has 0 bridgehead atoms. The number of aromatic nitrogens is 2. The molecule has 128 valence electrons. The van der Waals surface area contributed by atoms with Crippen LogP contribution in [-0.2, 0) is 11.3 Å². The van der Waals surface area contributed by atoms with Gasteiger partial charge in [0.05, 0.1) is 0 Å². The molecule has 1 unspecified atom stereocenters. The molecule has 1 aliphatic rings. The Kier molecular flexibility index (Phi) is 6.43. The molecule has 1 aromatic heterocycles. The van der Waals surface area contributed by atoms with Crippen molar-refractivity contribution in [3.8, 4) is 0 Å². The summed E-state index contributed by atoms with van der Waals surface area (Å²) in [5.74, 6) is 0.321. The van der Waals surface area contributed by atoms with Crippen LogP contribution in [0.3, 0.4) is 0 Å². The second-order valence-corrected chi connectivity index (χ2v) is 6.18. The van der Waals surface area contributed by atoms with Gasteiger partial charge in [-0.2, -0.15) is 5.10 Å². The molecule has 7 heteroatoms. The number of urea groups is 1. The molecule has 2 rings (SSSR count). The Morgan fingerprint density at radius 1 is 1.43 bits per heavy atom. The summed E-state index contributed by atoms with van der Waals surface area (Å²) in [6.07, 6.45) is 5.44. The van der Waals surface area contributed by atoms with E-state index in [2.05, 4.69) is 24.3 Å². The smallest absolute Gasteiger partial charge is 0.317 e. The van der Waals surface area contributed by atoms with E-state index in [4.69, 9.17) is 0 Å². The zero-order chi connectivity index (χ0) is 16.7. The Bertz CT molecular complexity index is 503. The predicted molar refractivity (Wildman–Crippen MR) is 87.9 cm³/mol. The van der Waals surface area contributed by atoms with Crippen LogP contribution in [0.5, 0.6) is 0 Å². The molecule has 0 radical (unpaired) electrons. The fraction of sp³-hybridized carbons (Fsp3) is 0.688. The topological polar surface area (TPSA) is 70.5 Å². The number of hydrogen-bond donors (Lipinski definition) is 1. The molecular weight excluding hydrogens is 294 g/mol. The highest BCUT2D eigenvalue weighted by Crippen LogP contribution is 2.06. The second kappa shape index (κ2) is 8.55. The van der Waals surface area contributed by atoms with Gasteiger partial charge in [-0.15, -0.1) is 0 Å². The molecule has 1 aliphatic heterocycles. The van der Waals surface area contributed by atoms with Gasteiger partial charge in [-0.1, -0.05) is 13.8 Å². The third-order valence-corrected chi connectivity index (χ3v) is 3.98. The highest BCUT2D eigenvalue weighted by molar-refractivity contribution is 5.84. The molecule has 7 nitrogen and oxygen atoms in total. The first-order valence-electron chi connectivity index (χ1n) is 8.38. The van der Waals surface area contributed by atoms with Gasteiger partial charge in [0.15, 0.2) is 0 Å². The van der Waals surface area contributed by atoms with Crippen molar-refractivity contribution in [2.75, 3.05) is 32.7 Å². The van der Waals surface area contributed by atoms with Crippen molar-refractivity contribution in [1.82, 2.24) is 24.9 Å². The lowest BCUT2D eigenvalue weighted by atomic mass is 10.2. The summed E-state index contributed by atoms with van der Waals surface area (Å²) in [6.45, 7) is 7.78. The minimum absolute atomic E-state index is 0.0455. The van der Waals surface area contributed by atoms with Crippen LogP contribution in [0.25, 0.3) is 0 Å². The normalized spacial score (nSPS) is 17.0. The Morgan fingerprint density at radius 3 is 2.96 bits per heavy atom. The fourth-order valence-electron chi connectivity index (χ4n) is 2.76. The van der Waals surface area contributed by atoms with Crippen LogP contribution >= 0.6 is 0 Å². The molecule has 2 heterocycles. The highest BCUT2D eigenvalue weighted by atomic mass is 16.2. The quantitative estimate of drug-likeness (QED) is 0.855. The lowest BCUT2D eigenvalue weighted by Crippen LogP contribution is -2.45. The van der Waals surface area contributed by atoms with Crippen molar-refractivity contribution in [3.63, 3.8) is 0 Å². The summed E-state index contributed by atoms with van der Waals surface area (Å²) in [7, 11) is 0. The molecule has 23 heavy (non-hydrogen) atoms. The van der Waals surface area contributed by atoms with Crippen LogP contribution in [0.2, 0.25) is 0 Å². The third kappa shape index (κ3) is 5.26. The maximum atomic E-state index is 12.3. The number of carbonyl (C=O) groups is 2. The molecular formula is C16H27N5O2. The molecule has 3 amide bonds. The van der Waals surface area contributed by atoms with Gasteiger partial charge in [-0.05, 0) is 24.8 Å². The average Bonchev–Trinajstić information content (AvgIpc) is 2.96. The van der Waals surface area contributed by atoms with Crippen molar-refractivity contribution in [3.05, 3.63) is 18.5 Å². The lowest BCUT2D eigenvalue weighted by Gasteiger charge is -2.22. The minimum Gasteiger partial charge on any atom is -0.341 e. The van der Waals surface area contributed by atoms with E-state index in [1.807, 2.05) is 21.8 Å². The van der Waals surface area contributed by atoms with Crippen molar-refractivity contribution >= 4 is 11.9 Å². The van der Waals surface area contributed by atoms with Crippen molar-refractivity contribution in [2.24, 2.45) is 5.92 Å². The number of amides is 3. The zero-order valence-corrected chi connectivity index (χ0v) is 14.1. The van der Waals surface area contributed by atoms with Gasteiger partial charge < -0.3 is 15.1 Å². The summed E-state index contributed by atoms with van der Waals surface area (Å²) in [4.78, 5) is 27.9. The molecule has 0 aromatic carbocycles. The zero-order valence-electron chi connectivity index (χ0n) is 14.1. The maximum Gasteiger partial charge on any atom is 0.317 e. The first kappa shape index (κ1) is 17.3. The fourth-order valence-corrected chi connectivity index (χ4v) is 2.76. The first-order valence-corrected chi connectivity index (χ1v) is 8.38. The lowest BCUT2D eigenvalue weighted by molar-refractivity contribution is -0.130. The first-order chi connectivity index (χ1) is 11.1. The largest absolute Gasteiger partial charge is 0.341 e. The molecule has 0 aliphatic carbocycles. The molecule has 0 saturated carbocycles. The number of nitrogens with one attached hydrogen (secondary N) is 1. The standard InChI is InChI=1S/C16H27N5O2/c1-3-7-19-8-5-9-20(13-15(19)22)16(23)17-11-14(2)12-21-10-4-6-18-21/h4,6,10,14H,3,5,7-9,11-13H2,1-2H3,(H,17,23). The van der Waals surface area contributed by atoms with Gasteiger partial charge in [0.2, 0.25) is 5.91 Å². The minimum atomic E-state index is -0.149. The van der Waals surface area contributed by atoms with E-state index in [-0.39, 0.29) is 24.4 Å². The maximum absolute atomic E-state index is 12.3. The molecule has 0 spiro atoms. The van der Waals surface area contributed by atoms with Crippen molar-refractivity contribution in [1.29, 1.82) is 0 Å². The SMILES string of the molecule is CCCN1CCCN(C(=O)NCC(C)Cn2cccn2)CC1=O. The molecule has 1 atom stereocenters. The van der Waals surface area contributed by atoms with E-state index in [1.54, 1.807) is 11.1 Å². The summed E-state index contributed by atoms with van der Waals surface area (Å²) >= 11 is 0. The summed E-state index contributed by atoms with van der Waals surface area (Å²) in [5.41, 5.74) is 0. The molecule has 1 fully saturated rings. The van der Waals surface area contributed by atoms with E-state index in [0.717, 1.165) is 32.5 Å². The third-order valence-electron chi connectivity index (χ3n) is 3.98. The average molecular weight is 321 g/mol.